The van der Waals surface area contributed by atoms with Crippen LogP contribution < -0.4 is 9.47 Å². The largest absolute Gasteiger partial charge is 0.493 e. The van der Waals surface area contributed by atoms with E-state index in [2.05, 4.69) is 4.90 Å². The summed E-state index contributed by atoms with van der Waals surface area (Å²) in [6.07, 6.45) is -0.0349. The van der Waals surface area contributed by atoms with E-state index in [1.807, 2.05) is 19.2 Å². The molecular formula is C19H23NO5. The fourth-order valence-corrected chi connectivity index (χ4v) is 5.91. The van der Waals surface area contributed by atoms with E-state index >= 15 is 0 Å². The number of ether oxygens (including phenoxy) is 3. The summed E-state index contributed by atoms with van der Waals surface area (Å²) >= 11 is 0. The fraction of sp³-hybridized carbons (Fsp3) is 0.632. The van der Waals surface area contributed by atoms with Gasteiger partial charge in [0.2, 0.25) is 0 Å². The molecule has 4 aliphatic rings. The maximum atomic E-state index is 13.1. The maximum Gasteiger partial charge on any atom is 0.166 e. The molecule has 2 heterocycles. The van der Waals surface area contributed by atoms with E-state index in [4.69, 9.17) is 14.2 Å². The Kier molecular flexibility index (Phi) is 3.10. The molecule has 1 aromatic rings. The smallest absolute Gasteiger partial charge is 0.166 e. The van der Waals surface area contributed by atoms with Gasteiger partial charge >= 0.3 is 0 Å². The van der Waals surface area contributed by atoms with Crippen LogP contribution >= 0.6 is 0 Å². The second-order valence-corrected chi connectivity index (χ2v) is 7.73. The molecule has 1 aromatic carbocycles. The van der Waals surface area contributed by atoms with Gasteiger partial charge < -0.3 is 19.3 Å². The lowest BCUT2D eigenvalue weighted by molar-refractivity contribution is -0.162. The average Bonchev–Trinajstić information content (AvgIpc) is 2.96. The van der Waals surface area contributed by atoms with Crippen molar-refractivity contribution in [3.8, 4) is 11.5 Å². The number of carbonyl (C=O) groups is 1. The third kappa shape index (κ3) is 1.63. The van der Waals surface area contributed by atoms with E-state index < -0.39 is 11.5 Å². The molecule has 1 spiro atoms. The van der Waals surface area contributed by atoms with E-state index in [9.17, 15) is 9.90 Å². The Morgan fingerprint density at radius 1 is 1.36 bits per heavy atom. The zero-order valence-corrected chi connectivity index (χ0v) is 14.7. The molecule has 1 saturated heterocycles. The number of likely N-dealkylation sites (N-methyl/N-ethyl adjacent to an activating group) is 1. The number of aliphatic hydroxyl groups excluding tert-OH is 1. The Morgan fingerprint density at radius 3 is 2.88 bits per heavy atom. The first-order valence-corrected chi connectivity index (χ1v) is 8.86. The highest BCUT2D eigenvalue weighted by atomic mass is 16.6. The Morgan fingerprint density at radius 2 is 2.16 bits per heavy atom. The highest BCUT2D eigenvalue weighted by molar-refractivity contribution is 5.88. The van der Waals surface area contributed by atoms with Crippen molar-refractivity contribution in [2.45, 2.75) is 42.6 Å². The van der Waals surface area contributed by atoms with Crippen LogP contribution in [-0.4, -0.2) is 61.9 Å². The van der Waals surface area contributed by atoms with Crippen LogP contribution in [0.25, 0.3) is 0 Å². The predicted octanol–water partition coefficient (Wildman–Crippen LogP) is 1.05. The van der Waals surface area contributed by atoms with Crippen molar-refractivity contribution in [2.75, 3.05) is 27.8 Å². The summed E-state index contributed by atoms with van der Waals surface area (Å²) < 4.78 is 17.6. The van der Waals surface area contributed by atoms with Gasteiger partial charge in [0.25, 0.3) is 0 Å². The van der Waals surface area contributed by atoms with Crippen molar-refractivity contribution in [1.29, 1.82) is 0 Å². The van der Waals surface area contributed by atoms with Crippen molar-refractivity contribution >= 4 is 5.78 Å². The standard InChI is InChI=1S/C19H23NO5/c1-20-7-6-19-13-9-4-5-11(23-2)17(13)25-18(19)12(24-3)8-10(21)14(19)15(20)16(9)22/h4-5,12,14-16,18,22H,6-8H2,1-3H3/t12-,14+,15-,16-,18+,19+/m0/s1. The third-order valence-electron chi connectivity index (χ3n) is 6.91. The fourth-order valence-electron chi connectivity index (χ4n) is 5.91. The molecule has 6 nitrogen and oxygen atoms in total. The van der Waals surface area contributed by atoms with Gasteiger partial charge in [-0.2, -0.15) is 0 Å². The Labute approximate surface area is 146 Å². The third-order valence-corrected chi connectivity index (χ3v) is 6.91. The first-order chi connectivity index (χ1) is 12.0. The zero-order valence-electron chi connectivity index (χ0n) is 14.7. The summed E-state index contributed by atoms with van der Waals surface area (Å²) in [7, 11) is 5.26. The lowest BCUT2D eigenvalue weighted by atomic mass is 9.50. The predicted molar refractivity (Wildman–Crippen MR) is 89.0 cm³/mol. The van der Waals surface area contributed by atoms with Crippen molar-refractivity contribution in [1.82, 2.24) is 4.90 Å². The molecule has 6 heteroatoms. The van der Waals surface area contributed by atoms with Crippen LogP contribution in [0.2, 0.25) is 0 Å². The van der Waals surface area contributed by atoms with E-state index in [1.165, 1.54) is 0 Å². The van der Waals surface area contributed by atoms with E-state index in [-0.39, 0.29) is 30.0 Å². The van der Waals surface area contributed by atoms with Crippen LogP contribution in [0.4, 0.5) is 0 Å². The number of methoxy groups -OCH3 is 2. The van der Waals surface area contributed by atoms with Crippen molar-refractivity contribution in [2.24, 2.45) is 5.92 Å². The molecule has 0 radical (unpaired) electrons. The van der Waals surface area contributed by atoms with Gasteiger partial charge in [-0.25, -0.2) is 0 Å². The van der Waals surface area contributed by atoms with Gasteiger partial charge in [-0.1, -0.05) is 6.07 Å². The number of carbonyl (C=O) groups excluding carboxylic acids is 1. The lowest BCUT2D eigenvalue weighted by Gasteiger charge is -2.58. The van der Waals surface area contributed by atoms with Gasteiger partial charge in [0.15, 0.2) is 11.5 Å². The molecule has 0 unspecified atom stereocenters. The topological polar surface area (TPSA) is 68.2 Å². The normalized spacial score (nSPS) is 41.3. The van der Waals surface area contributed by atoms with Gasteiger partial charge in [-0.05, 0) is 31.6 Å². The summed E-state index contributed by atoms with van der Waals surface area (Å²) in [6, 6.07) is 3.57. The minimum Gasteiger partial charge on any atom is -0.493 e. The Balaban J connectivity index is 1.83. The van der Waals surface area contributed by atoms with Crippen molar-refractivity contribution < 1.29 is 24.1 Å². The number of nitrogens with zero attached hydrogens (tertiary/aromatic N) is 1. The quantitative estimate of drug-likeness (QED) is 0.864. The number of rotatable bonds is 2. The molecule has 5 rings (SSSR count). The minimum atomic E-state index is -0.700. The number of benzene rings is 1. The second kappa shape index (κ2) is 4.96. The van der Waals surface area contributed by atoms with E-state index in [0.717, 1.165) is 24.1 Å². The molecule has 2 aliphatic heterocycles. The Bertz CT molecular complexity index is 764. The van der Waals surface area contributed by atoms with Crippen LogP contribution in [-0.2, 0) is 14.9 Å². The van der Waals surface area contributed by atoms with Crippen LogP contribution in [0, 0.1) is 5.92 Å². The first-order valence-electron chi connectivity index (χ1n) is 8.86. The molecule has 2 fully saturated rings. The molecule has 134 valence electrons. The van der Waals surface area contributed by atoms with Gasteiger partial charge in [0, 0.05) is 25.0 Å². The summed E-state index contributed by atoms with van der Waals surface area (Å²) in [5.41, 5.74) is 1.43. The number of hydrogen-bond acceptors (Lipinski definition) is 6. The number of ketones is 1. The van der Waals surface area contributed by atoms with Crippen LogP contribution in [0.5, 0.6) is 11.5 Å². The minimum absolute atomic E-state index is 0.170. The van der Waals surface area contributed by atoms with Crippen LogP contribution in [0.1, 0.15) is 30.1 Å². The van der Waals surface area contributed by atoms with E-state index in [1.54, 1.807) is 14.2 Å². The van der Waals surface area contributed by atoms with Crippen molar-refractivity contribution in [3.63, 3.8) is 0 Å². The molecule has 1 saturated carbocycles. The molecule has 2 bridgehead atoms. The molecular weight excluding hydrogens is 322 g/mol. The number of hydrogen-bond donors (Lipinski definition) is 1. The van der Waals surface area contributed by atoms with E-state index in [0.29, 0.717) is 17.9 Å². The summed E-state index contributed by atoms with van der Waals surface area (Å²) in [5.74, 6) is 1.25. The molecule has 0 aromatic heterocycles. The molecule has 2 aliphatic carbocycles. The summed E-state index contributed by atoms with van der Waals surface area (Å²) in [4.78, 5) is 15.3. The summed E-state index contributed by atoms with van der Waals surface area (Å²) in [5, 5.41) is 11.1. The first kappa shape index (κ1) is 15.6. The maximum absolute atomic E-state index is 13.1. The second-order valence-electron chi connectivity index (χ2n) is 7.73. The number of aliphatic hydroxyl groups is 1. The molecule has 6 atom stereocenters. The zero-order chi connectivity index (χ0) is 17.5. The molecule has 0 amide bonds. The van der Waals surface area contributed by atoms with Gasteiger partial charge in [0.1, 0.15) is 18.0 Å². The average molecular weight is 345 g/mol. The molecule has 25 heavy (non-hydrogen) atoms. The Hall–Kier alpha value is -1.63. The van der Waals surface area contributed by atoms with Crippen molar-refractivity contribution in [3.05, 3.63) is 23.3 Å². The van der Waals surface area contributed by atoms with Gasteiger partial charge in [0.05, 0.1) is 24.7 Å². The highest BCUT2D eigenvalue weighted by Gasteiger charge is 2.70. The SMILES string of the molecule is COc1ccc2c3c1O[C@@H]1[C@@H](OC)CC(=O)[C@@H]4[C@@H]([C@H]2O)N(C)CC[C@]314. The highest BCUT2D eigenvalue weighted by Crippen LogP contribution is 2.65. The van der Waals surface area contributed by atoms with Gasteiger partial charge in [-0.3, -0.25) is 9.69 Å². The molecule has 1 N–H and O–H groups in total. The van der Waals surface area contributed by atoms with Crippen LogP contribution in [0.15, 0.2) is 12.1 Å². The number of likely N-dealkylation sites (tertiary alicyclic amines) is 1. The summed E-state index contributed by atoms with van der Waals surface area (Å²) in [6.45, 7) is 0.817. The lowest BCUT2D eigenvalue weighted by Crippen LogP contribution is -2.70. The van der Waals surface area contributed by atoms with Crippen LogP contribution in [0.3, 0.4) is 0 Å². The number of piperidine rings is 1. The van der Waals surface area contributed by atoms with Gasteiger partial charge in [-0.15, -0.1) is 0 Å². The monoisotopic (exact) mass is 345 g/mol. The number of Topliss-reactive ketones (excluding diaryl/α,β-unsaturated/α-hetero) is 1.